The molecule has 2 atom stereocenters. The number of nitrogens with one attached hydrogen (secondary N) is 1. The van der Waals surface area contributed by atoms with Crippen LogP contribution in [0.3, 0.4) is 0 Å². The molecule has 6 rings (SSSR count). The van der Waals surface area contributed by atoms with Gasteiger partial charge in [-0.1, -0.05) is 30.3 Å². The number of aliphatic hydroxyl groups excluding tert-OH is 1. The van der Waals surface area contributed by atoms with E-state index in [4.69, 9.17) is 9.72 Å². The third kappa shape index (κ3) is 5.27. The Bertz CT molecular complexity index is 1500. The minimum Gasteiger partial charge on any atom is -0.492 e. The van der Waals surface area contributed by atoms with Crippen LogP contribution in [0.1, 0.15) is 24.8 Å². The van der Waals surface area contributed by atoms with E-state index in [9.17, 15) is 9.90 Å². The van der Waals surface area contributed by atoms with E-state index in [1.54, 1.807) is 13.4 Å². The van der Waals surface area contributed by atoms with Gasteiger partial charge in [-0.3, -0.25) is 4.79 Å². The summed E-state index contributed by atoms with van der Waals surface area (Å²) in [4.78, 5) is 24.7. The molecule has 39 heavy (non-hydrogen) atoms. The summed E-state index contributed by atoms with van der Waals surface area (Å²) in [6.45, 7) is 3.17. The lowest BCUT2D eigenvalue weighted by atomic mass is 9.90. The molecule has 0 radical (unpaired) electrons. The first-order chi connectivity index (χ1) is 19.0. The van der Waals surface area contributed by atoms with E-state index in [2.05, 4.69) is 45.5 Å². The SMILES string of the molecule is Cn1cnc2cc(-c3ccc(OC[C@@]4(Cc5ccccc5)CCCN4)cc3)nc(N3CC[C@H](CO)C3)c2c1=O. The van der Waals surface area contributed by atoms with Gasteiger partial charge in [-0.05, 0) is 68.1 Å². The van der Waals surface area contributed by atoms with Gasteiger partial charge in [0.05, 0.1) is 23.1 Å². The summed E-state index contributed by atoms with van der Waals surface area (Å²) in [5, 5.41) is 13.9. The maximum Gasteiger partial charge on any atom is 0.264 e. The van der Waals surface area contributed by atoms with E-state index in [1.165, 1.54) is 10.1 Å². The van der Waals surface area contributed by atoms with Crippen LogP contribution in [0.15, 0.2) is 71.8 Å². The first-order valence-corrected chi connectivity index (χ1v) is 13.8. The van der Waals surface area contributed by atoms with Crippen LogP contribution in [0.4, 0.5) is 5.82 Å². The molecule has 2 fully saturated rings. The number of benzene rings is 2. The minimum atomic E-state index is -0.116. The average Bonchev–Trinajstić information content (AvgIpc) is 3.65. The molecule has 4 aromatic rings. The predicted molar refractivity (Wildman–Crippen MR) is 153 cm³/mol. The van der Waals surface area contributed by atoms with E-state index in [1.807, 2.05) is 30.3 Å². The lowest BCUT2D eigenvalue weighted by Crippen LogP contribution is -2.47. The summed E-state index contributed by atoms with van der Waals surface area (Å²) < 4.78 is 7.80. The summed E-state index contributed by atoms with van der Waals surface area (Å²) in [5.41, 5.74) is 3.46. The summed E-state index contributed by atoms with van der Waals surface area (Å²) in [5.74, 6) is 1.64. The number of ether oxygens (including phenoxy) is 1. The Balaban J connectivity index is 1.25. The molecular weight excluding hydrogens is 490 g/mol. The molecule has 0 aliphatic carbocycles. The lowest BCUT2D eigenvalue weighted by molar-refractivity contribution is 0.197. The van der Waals surface area contributed by atoms with Gasteiger partial charge in [0.1, 0.15) is 23.6 Å². The molecule has 2 N–H and O–H groups in total. The van der Waals surface area contributed by atoms with Gasteiger partial charge in [-0.2, -0.15) is 0 Å². The fourth-order valence-electron chi connectivity index (χ4n) is 5.88. The zero-order valence-electron chi connectivity index (χ0n) is 22.3. The molecule has 0 bridgehead atoms. The van der Waals surface area contributed by atoms with E-state index in [0.29, 0.717) is 29.9 Å². The molecule has 0 saturated carbocycles. The molecule has 8 heteroatoms. The second-order valence-corrected chi connectivity index (χ2v) is 11.0. The standard InChI is InChI=1S/C31H35N5O3/c1-35-21-32-27-16-26(34-29(28(27)30(35)38)36-15-12-23(18-36)19-37)24-8-10-25(11-9-24)39-20-31(13-5-14-33-31)17-22-6-3-2-4-7-22/h2-4,6-11,16,21,23,33,37H,5,12-15,17-20H2,1H3/t23-,31-/m0/s1. The molecule has 2 saturated heterocycles. The van der Waals surface area contributed by atoms with Gasteiger partial charge in [-0.15, -0.1) is 0 Å². The highest BCUT2D eigenvalue weighted by Crippen LogP contribution is 2.32. The zero-order chi connectivity index (χ0) is 26.8. The number of pyridine rings is 1. The number of aryl methyl sites for hydroxylation is 1. The summed E-state index contributed by atoms with van der Waals surface area (Å²) in [7, 11) is 1.71. The van der Waals surface area contributed by atoms with E-state index in [-0.39, 0.29) is 23.6 Å². The maximum atomic E-state index is 13.1. The Hall–Kier alpha value is -3.75. The van der Waals surface area contributed by atoms with Crippen molar-refractivity contribution in [3.05, 3.63) is 82.9 Å². The fourth-order valence-corrected chi connectivity index (χ4v) is 5.88. The number of fused-ring (bicyclic) bond motifs is 1. The Morgan fingerprint density at radius 2 is 1.97 bits per heavy atom. The fraction of sp³-hybridized carbons (Fsp3) is 0.387. The lowest BCUT2D eigenvalue weighted by Gasteiger charge is -2.30. The van der Waals surface area contributed by atoms with E-state index >= 15 is 0 Å². The van der Waals surface area contributed by atoms with Crippen molar-refractivity contribution in [2.75, 3.05) is 37.7 Å². The Kier molecular flexibility index (Phi) is 7.06. The highest BCUT2D eigenvalue weighted by molar-refractivity contribution is 5.92. The van der Waals surface area contributed by atoms with Gasteiger partial charge in [0.15, 0.2) is 0 Å². The normalized spacial score (nSPS) is 21.1. The molecule has 0 spiro atoms. The van der Waals surface area contributed by atoms with Gasteiger partial charge >= 0.3 is 0 Å². The summed E-state index contributed by atoms with van der Waals surface area (Å²) in [6, 6.07) is 20.5. The van der Waals surface area contributed by atoms with Gasteiger partial charge in [0.2, 0.25) is 0 Å². The van der Waals surface area contributed by atoms with Crippen molar-refractivity contribution in [1.29, 1.82) is 0 Å². The average molecular weight is 526 g/mol. The van der Waals surface area contributed by atoms with Crippen molar-refractivity contribution in [1.82, 2.24) is 19.9 Å². The van der Waals surface area contributed by atoms with Crippen molar-refractivity contribution < 1.29 is 9.84 Å². The smallest absolute Gasteiger partial charge is 0.264 e. The van der Waals surface area contributed by atoms with Crippen LogP contribution in [0, 0.1) is 5.92 Å². The Morgan fingerprint density at radius 3 is 2.69 bits per heavy atom. The molecule has 8 nitrogen and oxygen atoms in total. The van der Waals surface area contributed by atoms with Crippen LogP contribution in [0.5, 0.6) is 5.75 Å². The molecule has 2 aromatic carbocycles. The van der Waals surface area contributed by atoms with Gasteiger partial charge in [-0.25, -0.2) is 9.97 Å². The quantitative estimate of drug-likeness (QED) is 0.363. The van der Waals surface area contributed by atoms with Crippen molar-refractivity contribution in [3.63, 3.8) is 0 Å². The molecule has 0 unspecified atom stereocenters. The number of aromatic nitrogens is 3. The first kappa shape index (κ1) is 25.5. The highest BCUT2D eigenvalue weighted by atomic mass is 16.5. The number of hydrogen-bond donors (Lipinski definition) is 2. The van der Waals surface area contributed by atoms with Gasteiger partial charge in [0, 0.05) is 38.2 Å². The van der Waals surface area contributed by atoms with Crippen LogP contribution >= 0.6 is 0 Å². The number of hydrogen-bond acceptors (Lipinski definition) is 7. The summed E-state index contributed by atoms with van der Waals surface area (Å²) >= 11 is 0. The largest absolute Gasteiger partial charge is 0.492 e. The van der Waals surface area contributed by atoms with Crippen molar-refractivity contribution in [2.24, 2.45) is 13.0 Å². The molecule has 202 valence electrons. The molecule has 0 amide bonds. The second-order valence-electron chi connectivity index (χ2n) is 11.0. The highest BCUT2D eigenvalue weighted by Gasteiger charge is 2.34. The van der Waals surface area contributed by atoms with Crippen LogP contribution in [-0.4, -0.2) is 58.0 Å². The van der Waals surface area contributed by atoms with Crippen molar-refractivity contribution in [2.45, 2.75) is 31.2 Å². The predicted octanol–water partition coefficient (Wildman–Crippen LogP) is 3.56. The molecule has 4 heterocycles. The van der Waals surface area contributed by atoms with Crippen LogP contribution < -0.4 is 20.5 Å². The third-order valence-corrected chi connectivity index (χ3v) is 8.11. The maximum absolute atomic E-state index is 13.1. The second kappa shape index (κ2) is 10.8. The van der Waals surface area contributed by atoms with E-state index < -0.39 is 0 Å². The number of aliphatic hydroxyl groups is 1. The van der Waals surface area contributed by atoms with Crippen molar-refractivity contribution in [3.8, 4) is 17.0 Å². The van der Waals surface area contributed by atoms with Crippen molar-refractivity contribution >= 4 is 16.7 Å². The number of nitrogens with zero attached hydrogens (tertiary/aromatic N) is 4. The molecular formula is C31H35N5O3. The Morgan fingerprint density at radius 1 is 1.15 bits per heavy atom. The topological polar surface area (TPSA) is 92.5 Å². The minimum absolute atomic E-state index is 0.0607. The molecule has 2 aromatic heterocycles. The van der Waals surface area contributed by atoms with Crippen LogP contribution in [0.25, 0.3) is 22.2 Å². The molecule has 2 aliphatic heterocycles. The Labute approximate surface area is 228 Å². The number of rotatable bonds is 8. The van der Waals surface area contributed by atoms with Gasteiger partial charge < -0.3 is 24.6 Å². The third-order valence-electron chi connectivity index (χ3n) is 8.11. The number of anilines is 1. The monoisotopic (exact) mass is 525 g/mol. The molecule has 2 aliphatic rings. The zero-order valence-corrected chi connectivity index (χ0v) is 22.3. The van der Waals surface area contributed by atoms with E-state index in [0.717, 1.165) is 55.8 Å². The first-order valence-electron chi connectivity index (χ1n) is 13.8. The van der Waals surface area contributed by atoms with Gasteiger partial charge in [0.25, 0.3) is 5.56 Å². The van der Waals surface area contributed by atoms with Crippen LogP contribution in [0.2, 0.25) is 0 Å². The summed E-state index contributed by atoms with van der Waals surface area (Å²) in [6.07, 6.45) is 5.60. The van der Waals surface area contributed by atoms with Crippen LogP contribution in [-0.2, 0) is 13.5 Å².